The van der Waals surface area contributed by atoms with Crippen LogP contribution in [-0.4, -0.2) is 39.0 Å². The lowest BCUT2D eigenvalue weighted by Crippen LogP contribution is -2.23. The van der Waals surface area contributed by atoms with E-state index in [4.69, 9.17) is 25.8 Å². The second kappa shape index (κ2) is 9.85. The quantitative estimate of drug-likeness (QED) is 0.630. The molecule has 0 bridgehead atoms. The first-order chi connectivity index (χ1) is 13.6. The molecule has 2 aromatic rings. The number of pyridine rings is 1. The van der Waals surface area contributed by atoms with E-state index in [0.29, 0.717) is 17.6 Å². The van der Waals surface area contributed by atoms with Crippen LogP contribution in [0.4, 0.5) is 11.5 Å². The average molecular weight is 406 g/mol. The second-order valence-corrected chi connectivity index (χ2v) is 7.34. The Balaban J connectivity index is 1.73. The molecule has 2 N–H and O–H groups in total. The van der Waals surface area contributed by atoms with Gasteiger partial charge in [0, 0.05) is 37.9 Å². The number of hydrogen-bond acceptors (Lipinski definition) is 6. The summed E-state index contributed by atoms with van der Waals surface area (Å²) < 4.78 is 16.2. The predicted molar refractivity (Wildman–Crippen MR) is 113 cm³/mol. The summed E-state index contributed by atoms with van der Waals surface area (Å²) in [7, 11) is 3.29. The fourth-order valence-electron chi connectivity index (χ4n) is 3.36. The number of anilines is 2. The SMILES string of the molecule is COc1ccc(CNc2nc(Cl)cc(C)c2NCC2CCOCC2)c(OC)c1. The van der Waals surface area contributed by atoms with Gasteiger partial charge in [-0.3, -0.25) is 0 Å². The summed E-state index contributed by atoms with van der Waals surface area (Å²) in [5.74, 6) is 2.88. The number of rotatable bonds is 8. The molecular formula is C21H28ClN3O3. The molecule has 28 heavy (non-hydrogen) atoms. The Hall–Kier alpha value is -2.18. The molecule has 7 heteroatoms. The van der Waals surface area contributed by atoms with Crippen LogP contribution >= 0.6 is 11.6 Å². The Bertz CT molecular complexity index is 795. The number of halogens is 1. The molecular weight excluding hydrogens is 378 g/mol. The van der Waals surface area contributed by atoms with Gasteiger partial charge in [-0.15, -0.1) is 0 Å². The van der Waals surface area contributed by atoms with Gasteiger partial charge in [0.25, 0.3) is 0 Å². The third-order valence-electron chi connectivity index (χ3n) is 5.03. The van der Waals surface area contributed by atoms with E-state index in [2.05, 4.69) is 15.6 Å². The van der Waals surface area contributed by atoms with Crippen molar-refractivity contribution in [1.82, 2.24) is 4.98 Å². The summed E-state index contributed by atoms with van der Waals surface area (Å²) in [6.45, 7) is 5.18. The fourth-order valence-corrected chi connectivity index (χ4v) is 3.61. The maximum Gasteiger partial charge on any atom is 0.151 e. The van der Waals surface area contributed by atoms with Crippen LogP contribution in [0.2, 0.25) is 5.15 Å². The number of hydrogen-bond donors (Lipinski definition) is 2. The molecule has 0 spiro atoms. The van der Waals surface area contributed by atoms with E-state index in [9.17, 15) is 0 Å². The van der Waals surface area contributed by atoms with Gasteiger partial charge in [-0.2, -0.15) is 0 Å². The molecule has 0 aliphatic carbocycles. The van der Waals surface area contributed by atoms with E-state index < -0.39 is 0 Å². The fraction of sp³-hybridized carbons (Fsp3) is 0.476. The van der Waals surface area contributed by atoms with Crippen molar-refractivity contribution in [1.29, 1.82) is 0 Å². The van der Waals surface area contributed by atoms with Crippen LogP contribution in [0.25, 0.3) is 0 Å². The minimum atomic E-state index is 0.471. The first-order valence-corrected chi connectivity index (χ1v) is 9.92. The monoisotopic (exact) mass is 405 g/mol. The lowest BCUT2D eigenvalue weighted by atomic mass is 10.0. The molecule has 1 aliphatic rings. The first kappa shape index (κ1) is 20.6. The number of aryl methyl sites for hydroxylation is 1. The normalized spacial score (nSPS) is 14.6. The van der Waals surface area contributed by atoms with Crippen molar-refractivity contribution in [2.45, 2.75) is 26.3 Å². The van der Waals surface area contributed by atoms with Gasteiger partial charge in [0.15, 0.2) is 5.82 Å². The molecule has 1 aromatic carbocycles. The molecule has 0 amide bonds. The van der Waals surface area contributed by atoms with E-state index >= 15 is 0 Å². The van der Waals surface area contributed by atoms with Crippen molar-refractivity contribution in [2.75, 3.05) is 44.6 Å². The van der Waals surface area contributed by atoms with Gasteiger partial charge in [-0.25, -0.2) is 4.98 Å². The molecule has 0 saturated carbocycles. The van der Waals surface area contributed by atoms with Crippen LogP contribution in [0.15, 0.2) is 24.3 Å². The molecule has 2 heterocycles. The summed E-state index contributed by atoms with van der Waals surface area (Å²) in [5.41, 5.74) is 3.07. The van der Waals surface area contributed by atoms with Crippen LogP contribution in [0.3, 0.4) is 0 Å². The maximum atomic E-state index is 6.21. The van der Waals surface area contributed by atoms with Crippen molar-refractivity contribution < 1.29 is 14.2 Å². The van der Waals surface area contributed by atoms with Gasteiger partial charge < -0.3 is 24.8 Å². The highest BCUT2D eigenvalue weighted by Gasteiger charge is 2.16. The van der Waals surface area contributed by atoms with Crippen LogP contribution in [0.1, 0.15) is 24.0 Å². The molecule has 0 unspecified atom stereocenters. The van der Waals surface area contributed by atoms with Gasteiger partial charge >= 0.3 is 0 Å². The number of aromatic nitrogens is 1. The average Bonchev–Trinajstić information content (AvgIpc) is 2.72. The summed E-state index contributed by atoms with van der Waals surface area (Å²) in [4.78, 5) is 4.50. The van der Waals surface area contributed by atoms with Crippen LogP contribution < -0.4 is 20.1 Å². The topological polar surface area (TPSA) is 64.6 Å². The van der Waals surface area contributed by atoms with Gasteiger partial charge in [-0.1, -0.05) is 11.6 Å². The van der Waals surface area contributed by atoms with Gasteiger partial charge in [0.05, 0.1) is 19.9 Å². The lowest BCUT2D eigenvalue weighted by molar-refractivity contribution is 0.0699. The highest BCUT2D eigenvalue weighted by Crippen LogP contribution is 2.30. The Labute approximate surface area is 171 Å². The molecule has 0 atom stereocenters. The van der Waals surface area contributed by atoms with Crippen molar-refractivity contribution >= 4 is 23.1 Å². The largest absolute Gasteiger partial charge is 0.497 e. The number of nitrogens with one attached hydrogen (secondary N) is 2. The van der Waals surface area contributed by atoms with Crippen molar-refractivity contribution in [3.8, 4) is 11.5 Å². The standard InChI is InChI=1S/C21H28ClN3O3/c1-14-10-19(22)25-21(20(14)23-12-15-6-8-28-9-7-15)24-13-16-4-5-17(26-2)11-18(16)27-3/h4-5,10-11,15,23H,6-9,12-13H2,1-3H3,(H,24,25). The van der Waals surface area contributed by atoms with Crippen LogP contribution in [0, 0.1) is 12.8 Å². The maximum absolute atomic E-state index is 6.21. The molecule has 1 aliphatic heterocycles. The minimum absolute atomic E-state index is 0.471. The van der Waals surface area contributed by atoms with E-state index in [1.54, 1.807) is 14.2 Å². The highest BCUT2D eigenvalue weighted by atomic mass is 35.5. The Kier molecular flexibility index (Phi) is 7.23. The van der Waals surface area contributed by atoms with E-state index in [1.165, 1.54) is 0 Å². The number of benzene rings is 1. The molecule has 3 rings (SSSR count). The van der Waals surface area contributed by atoms with Crippen LogP contribution in [0.5, 0.6) is 11.5 Å². The number of ether oxygens (including phenoxy) is 3. The van der Waals surface area contributed by atoms with Crippen molar-refractivity contribution in [3.05, 3.63) is 40.5 Å². The molecule has 1 saturated heterocycles. The van der Waals surface area contributed by atoms with Crippen molar-refractivity contribution in [3.63, 3.8) is 0 Å². The summed E-state index contributed by atoms with van der Waals surface area (Å²) in [6, 6.07) is 7.66. The Morgan fingerprint density at radius 2 is 1.93 bits per heavy atom. The summed E-state index contributed by atoms with van der Waals surface area (Å²) >= 11 is 6.21. The summed E-state index contributed by atoms with van der Waals surface area (Å²) in [5, 5.41) is 7.45. The van der Waals surface area contributed by atoms with Gasteiger partial charge in [0.1, 0.15) is 16.7 Å². The predicted octanol–water partition coefficient (Wildman–Crippen LogP) is 4.51. The first-order valence-electron chi connectivity index (χ1n) is 9.54. The van der Waals surface area contributed by atoms with E-state index in [1.807, 2.05) is 31.2 Å². The third kappa shape index (κ3) is 5.20. The highest BCUT2D eigenvalue weighted by molar-refractivity contribution is 6.29. The molecule has 1 fully saturated rings. The Morgan fingerprint density at radius 1 is 1.14 bits per heavy atom. The zero-order chi connectivity index (χ0) is 19.9. The molecule has 6 nitrogen and oxygen atoms in total. The lowest BCUT2D eigenvalue weighted by Gasteiger charge is -2.24. The van der Waals surface area contributed by atoms with Gasteiger partial charge in [0.2, 0.25) is 0 Å². The van der Waals surface area contributed by atoms with Crippen LogP contribution in [-0.2, 0) is 11.3 Å². The third-order valence-corrected chi connectivity index (χ3v) is 5.23. The zero-order valence-corrected chi connectivity index (χ0v) is 17.4. The Morgan fingerprint density at radius 3 is 2.64 bits per heavy atom. The van der Waals surface area contributed by atoms with Crippen molar-refractivity contribution in [2.24, 2.45) is 5.92 Å². The second-order valence-electron chi connectivity index (χ2n) is 6.95. The minimum Gasteiger partial charge on any atom is -0.497 e. The molecule has 152 valence electrons. The smallest absolute Gasteiger partial charge is 0.151 e. The number of methoxy groups -OCH3 is 2. The number of nitrogens with zero attached hydrogens (tertiary/aromatic N) is 1. The summed E-state index contributed by atoms with van der Waals surface area (Å²) in [6.07, 6.45) is 2.16. The van der Waals surface area contributed by atoms with E-state index in [0.717, 1.165) is 66.7 Å². The molecule has 1 aromatic heterocycles. The molecule has 0 radical (unpaired) electrons. The van der Waals surface area contributed by atoms with Gasteiger partial charge in [-0.05, 0) is 49.4 Å². The zero-order valence-electron chi connectivity index (χ0n) is 16.7. The van der Waals surface area contributed by atoms with E-state index in [-0.39, 0.29) is 0 Å².